The molecule has 0 spiro atoms. The van der Waals surface area contributed by atoms with Gasteiger partial charge in [0.15, 0.2) is 0 Å². The van der Waals surface area contributed by atoms with Crippen LogP contribution in [0.3, 0.4) is 0 Å². The quantitative estimate of drug-likeness (QED) is 0.326. The van der Waals surface area contributed by atoms with Crippen molar-refractivity contribution in [2.75, 3.05) is 6.61 Å². The average molecular weight is 152 g/mol. The van der Waals surface area contributed by atoms with E-state index in [-0.39, 0.29) is 0 Å². The van der Waals surface area contributed by atoms with Gasteiger partial charge in [-0.05, 0) is 19.8 Å². The van der Waals surface area contributed by atoms with Crippen LogP contribution in [0.4, 0.5) is 0 Å². The van der Waals surface area contributed by atoms with Crippen LogP contribution in [0.25, 0.3) is 0 Å². The van der Waals surface area contributed by atoms with E-state index in [0.717, 1.165) is 25.0 Å². The lowest BCUT2D eigenvalue weighted by molar-refractivity contribution is 0.169. The second kappa shape index (κ2) is 3.89. The Balaban J connectivity index is 2.78. The van der Waals surface area contributed by atoms with Crippen molar-refractivity contribution in [2.24, 2.45) is 5.84 Å². The fourth-order valence-corrected chi connectivity index (χ4v) is 1.02. The Morgan fingerprint density at radius 1 is 1.64 bits per heavy atom. The van der Waals surface area contributed by atoms with E-state index in [2.05, 4.69) is 17.3 Å². The van der Waals surface area contributed by atoms with Gasteiger partial charge < -0.3 is 4.74 Å². The minimum atomic E-state index is 0.630. The number of hydrogen-bond acceptors (Lipinski definition) is 3. The van der Waals surface area contributed by atoms with Gasteiger partial charge in [-0.15, -0.1) is 5.92 Å². The summed E-state index contributed by atoms with van der Waals surface area (Å²) < 4.78 is 5.23. The Bertz CT molecular complexity index is 222. The summed E-state index contributed by atoms with van der Waals surface area (Å²) in [6, 6.07) is 0. The summed E-state index contributed by atoms with van der Waals surface area (Å²) in [4.78, 5) is 0. The third kappa shape index (κ3) is 1.89. The fraction of sp³-hybridized carbons (Fsp3) is 0.500. The maximum Gasteiger partial charge on any atom is 0.213 e. The van der Waals surface area contributed by atoms with Gasteiger partial charge in [0, 0.05) is 0 Å². The van der Waals surface area contributed by atoms with Crippen molar-refractivity contribution in [3.05, 3.63) is 11.5 Å². The summed E-state index contributed by atoms with van der Waals surface area (Å²) in [5.74, 6) is 11.6. The highest BCUT2D eigenvalue weighted by Crippen LogP contribution is 2.15. The van der Waals surface area contributed by atoms with Crippen molar-refractivity contribution in [2.45, 2.75) is 19.8 Å². The van der Waals surface area contributed by atoms with Gasteiger partial charge >= 0.3 is 0 Å². The van der Waals surface area contributed by atoms with Gasteiger partial charge in [-0.2, -0.15) is 0 Å². The zero-order chi connectivity index (χ0) is 8.10. The first-order chi connectivity index (χ1) is 5.38. The molecule has 0 saturated carbocycles. The van der Waals surface area contributed by atoms with Gasteiger partial charge in [-0.3, -0.25) is 5.43 Å². The Morgan fingerprint density at radius 3 is 3.09 bits per heavy atom. The minimum Gasteiger partial charge on any atom is -0.478 e. The molecule has 1 heterocycles. The predicted octanol–water partition coefficient (Wildman–Crippen LogP) is 0.495. The Labute approximate surface area is 66.6 Å². The highest BCUT2D eigenvalue weighted by molar-refractivity contribution is 5.30. The smallest absolute Gasteiger partial charge is 0.213 e. The molecule has 0 aromatic carbocycles. The summed E-state index contributed by atoms with van der Waals surface area (Å²) in [5.41, 5.74) is 3.47. The van der Waals surface area contributed by atoms with Crippen LogP contribution in [0.1, 0.15) is 19.8 Å². The van der Waals surface area contributed by atoms with E-state index in [1.165, 1.54) is 0 Å². The SMILES string of the molecule is CC#CC1=C(NN)OCCC1. The molecule has 0 aromatic heterocycles. The van der Waals surface area contributed by atoms with Crippen molar-refractivity contribution < 1.29 is 4.74 Å². The van der Waals surface area contributed by atoms with Crippen molar-refractivity contribution >= 4 is 0 Å². The third-order valence-corrected chi connectivity index (χ3v) is 1.50. The molecule has 3 heteroatoms. The van der Waals surface area contributed by atoms with Crippen molar-refractivity contribution in [3.63, 3.8) is 0 Å². The fourth-order valence-electron chi connectivity index (χ4n) is 1.02. The molecule has 3 N–H and O–H groups in total. The lowest BCUT2D eigenvalue weighted by atomic mass is 10.1. The molecule has 3 nitrogen and oxygen atoms in total. The molecule has 0 bridgehead atoms. The number of rotatable bonds is 1. The number of allylic oxidation sites excluding steroid dienone is 1. The zero-order valence-electron chi connectivity index (χ0n) is 6.61. The van der Waals surface area contributed by atoms with E-state index in [4.69, 9.17) is 10.6 Å². The van der Waals surface area contributed by atoms with Crippen LogP contribution >= 0.6 is 0 Å². The van der Waals surface area contributed by atoms with Crippen molar-refractivity contribution in [1.82, 2.24) is 5.43 Å². The highest BCUT2D eigenvalue weighted by atomic mass is 16.5. The number of nitrogens with one attached hydrogen (secondary N) is 1. The summed E-state index contributed by atoms with van der Waals surface area (Å²) in [6.45, 7) is 2.53. The molecule has 0 atom stereocenters. The first kappa shape index (κ1) is 7.96. The Morgan fingerprint density at radius 2 is 2.45 bits per heavy atom. The van der Waals surface area contributed by atoms with E-state index < -0.39 is 0 Å². The summed E-state index contributed by atoms with van der Waals surface area (Å²) >= 11 is 0. The molecule has 1 aliphatic heterocycles. The largest absolute Gasteiger partial charge is 0.478 e. The van der Waals surface area contributed by atoms with E-state index in [0.29, 0.717) is 5.88 Å². The molecule has 0 radical (unpaired) electrons. The first-order valence-corrected chi connectivity index (χ1v) is 3.64. The van der Waals surface area contributed by atoms with Crippen LogP contribution in [0, 0.1) is 11.8 Å². The summed E-state index contributed by atoms with van der Waals surface area (Å²) in [6.07, 6.45) is 1.98. The lowest BCUT2D eigenvalue weighted by Gasteiger charge is -2.16. The summed E-state index contributed by atoms with van der Waals surface area (Å²) in [5, 5.41) is 0. The highest BCUT2D eigenvalue weighted by Gasteiger charge is 2.10. The standard InChI is InChI=1S/C8H12N2O/c1-2-4-7-5-3-6-11-8(7)10-9/h10H,3,5-6,9H2,1H3. The van der Waals surface area contributed by atoms with Crippen LogP contribution in [-0.4, -0.2) is 6.61 Å². The van der Waals surface area contributed by atoms with Crippen LogP contribution < -0.4 is 11.3 Å². The third-order valence-electron chi connectivity index (χ3n) is 1.50. The maximum absolute atomic E-state index is 5.23. The van der Waals surface area contributed by atoms with E-state index >= 15 is 0 Å². The maximum atomic E-state index is 5.23. The molecule has 1 rings (SSSR count). The Hall–Kier alpha value is -1.14. The molecule has 11 heavy (non-hydrogen) atoms. The number of ether oxygens (including phenoxy) is 1. The van der Waals surface area contributed by atoms with Gasteiger partial charge in [0.1, 0.15) is 0 Å². The normalized spacial score (nSPS) is 16.5. The molecule has 0 unspecified atom stereocenters. The lowest BCUT2D eigenvalue weighted by Crippen LogP contribution is -2.26. The van der Waals surface area contributed by atoms with Gasteiger partial charge in [0.05, 0.1) is 12.2 Å². The zero-order valence-corrected chi connectivity index (χ0v) is 6.61. The number of hydrazine groups is 1. The van der Waals surface area contributed by atoms with Gasteiger partial charge in [-0.1, -0.05) is 5.92 Å². The number of hydrogen-bond donors (Lipinski definition) is 2. The van der Waals surface area contributed by atoms with Crippen LogP contribution in [-0.2, 0) is 4.74 Å². The summed E-state index contributed by atoms with van der Waals surface area (Å²) in [7, 11) is 0. The van der Waals surface area contributed by atoms with Crippen molar-refractivity contribution in [1.29, 1.82) is 0 Å². The first-order valence-electron chi connectivity index (χ1n) is 3.64. The molecule has 0 aliphatic carbocycles. The Kier molecular flexibility index (Phi) is 2.82. The van der Waals surface area contributed by atoms with E-state index in [9.17, 15) is 0 Å². The second-order valence-corrected chi connectivity index (χ2v) is 2.28. The molecular formula is C8H12N2O. The topological polar surface area (TPSA) is 47.3 Å². The predicted molar refractivity (Wildman–Crippen MR) is 43.0 cm³/mol. The van der Waals surface area contributed by atoms with Gasteiger partial charge in [-0.25, -0.2) is 5.84 Å². The molecule has 60 valence electrons. The molecule has 0 amide bonds. The monoisotopic (exact) mass is 152 g/mol. The second-order valence-electron chi connectivity index (χ2n) is 2.28. The van der Waals surface area contributed by atoms with Crippen LogP contribution in [0.15, 0.2) is 11.5 Å². The average Bonchev–Trinajstić information content (AvgIpc) is 2.06. The van der Waals surface area contributed by atoms with Crippen LogP contribution in [0.5, 0.6) is 0 Å². The van der Waals surface area contributed by atoms with Crippen LogP contribution in [0.2, 0.25) is 0 Å². The molecule has 0 aromatic rings. The van der Waals surface area contributed by atoms with E-state index in [1.54, 1.807) is 6.92 Å². The molecule has 1 aliphatic rings. The molecular weight excluding hydrogens is 140 g/mol. The number of nitrogens with two attached hydrogens (primary N) is 1. The van der Waals surface area contributed by atoms with E-state index in [1.807, 2.05) is 0 Å². The molecule has 0 saturated heterocycles. The minimum absolute atomic E-state index is 0.630. The molecule has 0 fully saturated rings. The van der Waals surface area contributed by atoms with Crippen molar-refractivity contribution in [3.8, 4) is 11.8 Å². The van der Waals surface area contributed by atoms with Gasteiger partial charge in [0.2, 0.25) is 5.88 Å². The van der Waals surface area contributed by atoms with Gasteiger partial charge in [0.25, 0.3) is 0 Å².